The molecule has 41 heavy (non-hydrogen) atoms. The highest BCUT2D eigenvalue weighted by Crippen LogP contribution is 2.38. The number of hydrogen-bond acceptors (Lipinski definition) is 7. The van der Waals surface area contributed by atoms with Crippen molar-refractivity contribution in [2.24, 2.45) is 15.9 Å². The molecule has 0 aliphatic carbocycles. The predicted molar refractivity (Wildman–Crippen MR) is 138 cm³/mol. The van der Waals surface area contributed by atoms with Gasteiger partial charge in [-0.2, -0.15) is 26.3 Å². The minimum Gasteiger partial charge on any atom is -0.476 e. The van der Waals surface area contributed by atoms with Crippen LogP contribution in [0.5, 0.6) is 5.88 Å². The molecule has 4 rings (SSSR count). The zero-order valence-electron chi connectivity index (χ0n) is 21.7. The van der Waals surface area contributed by atoms with Crippen molar-refractivity contribution in [3.63, 3.8) is 0 Å². The van der Waals surface area contributed by atoms with E-state index in [4.69, 9.17) is 4.74 Å². The van der Waals surface area contributed by atoms with Crippen molar-refractivity contribution in [3.05, 3.63) is 64.8 Å². The number of nitrogens with zero attached hydrogens (tertiary/aromatic N) is 5. The third-order valence-corrected chi connectivity index (χ3v) is 6.33. The maximum absolute atomic E-state index is 13.8. The Balaban J connectivity index is 1.55. The van der Waals surface area contributed by atoms with Gasteiger partial charge in [-0.05, 0) is 42.7 Å². The van der Waals surface area contributed by atoms with Crippen LogP contribution in [0.1, 0.15) is 46.9 Å². The van der Waals surface area contributed by atoms with E-state index in [0.717, 1.165) is 12.5 Å². The Morgan fingerprint density at radius 1 is 1.05 bits per heavy atom. The number of guanidine groups is 1. The summed E-state index contributed by atoms with van der Waals surface area (Å²) in [6.45, 7) is 1.84. The molecule has 1 unspecified atom stereocenters. The highest BCUT2D eigenvalue weighted by atomic mass is 19.4. The molecule has 0 spiro atoms. The van der Waals surface area contributed by atoms with Gasteiger partial charge in [0.1, 0.15) is 0 Å². The van der Waals surface area contributed by atoms with E-state index in [2.05, 4.69) is 20.0 Å². The number of rotatable bonds is 9. The predicted octanol–water partition coefficient (Wildman–Crippen LogP) is 6.10. The van der Waals surface area contributed by atoms with Crippen LogP contribution in [0.25, 0.3) is 11.0 Å². The molecule has 0 saturated heterocycles. The Bertz CT molecular complexity index is 1470. The van der Waals surface area contributed by atoms with Crippen molar-refractivity contribution in [2.75, 3.05) is 19.7 Å². The topological polar surface area (TPSA) is 100 Å². The number of aromatic nitrogens is 2. The largest absolute Gasteiger partial charge is 0.476 e. The van der Waals surface area contributed by atoms with Gasteiger partial charge in [0.2, 0.25) is 17.5 Å². The maximum atomic E-state index is 13.8. The van der Waals surface area contributed by atoms with Crippen molar-refractivity contribution in [1.82, 2.24) is 14.9 Å². The summed E-state index contributed by atoms with van der Waals surface area (Å²) in [4.78, 5) is 30.0. The van der Waals surface area contributed by atoms with E-state index >= 15 is 0 Å². The molecular weight excluding hydrogens is 556 g/mol. The van der Waals surface area contributed by atoms with Gasteiger partial charge >= 0.3 is 18.3 Å². The molecule has 1 aliphatic heterocycles. The van der Waals surface area contributed by atoms with Crippen LogP contribution >= 0.6 is 0 Å². The quantitative estimate of drug-likeness (QED) is 0.242. The molecule has 1 aromatic heterocycles. The van der Waals surface area contributed by atoms with E-state index in [0.29, 0.717) is 23.6 Å². The number of carboxylic acids is 1. The van der Waals surface area contributed by atoms with E-state index in [1.807, 2.05) is 6.92 Å². The summed E-state index contributed by atoms with van der Waals surface area (Å²) in [5.74, 6) is -1.37. The smallest absolute Gasteiger partial charge is 0.416 e. The molecule has 0 saturated carbocycles. The fraction of sp³-hybridized carbons (Fsp3) is 0.370. The van der Waals surface area contributed by atoms with Gasteiger partial charge in [0.25, 0.3) is 0 Å². The van der Waals surface area contributed by atoms with Gasteiger partial charge in [-0.3, -0.25) is 4.99 Å². The number of halogens is 6. The molecule has 1 atom stereocenters. The van der Waals surface area contributed by atoms with Crippen molar-refractivity contribution >= 4 is 29.2 Å². The molecule has 0 fully saturated rings. The summed E-state index contributed by atoms with van der Waals surface area (Å²) in [5, 5.41) is 9.52. The molecule has 2 heterocycles. The summed E-state index contributed by atoms with van der Waals surface area (Å²) in [6.07, 6.45) is -7.40. The molecule has 218 valence electrons. The van der Waals surface area contributed by atoms with Gasteiger partial charge in [0.05, 0.1) is 35.3 Å². The first-order chi connectivity index (χ1) is 19.4. The van der Waals surface area contributed by atoms with Crippen molar-refractivity contribution in [2.45, 2.75) is 38.7 Å². The minimum atomic E-state index is -5.03. The average molecular weight is 582 g/mol. The van der Waals surface area contributed by atoms with Gasteiger partial charge in [-0.25, -0.2) is 19.8 Å². The Hall–Kier alpha value is -4.23. The van der Waals surface area contributed by atoms with Crippen molar-refractivity contribution in [3.8, 4) is 5.88 Å². The number of ether oxygens (including phenoxy) is 1. The van der Waals surface area contributed by atoms with Crippen molar-refractivity contribution in [1.29, 1.82) is 0 Å². The Morgan fingerprint density at radius 3 is 2.34 bits per heavy atom. The second kappa shape index (κ2) is 12.1. The molecule has 14 heteroatoms. The normalized spacial score (nSPS) is 15.6. The highest BCUT2D eigenvalue weighted by molar-refractivity contribution is 5.91. The Kier molecular flexibility index (Phi) is 8.78. The minimum absolute atomic E-state index is 0.0503. The van der Waals surface area contributed by atoms with E-state index < -0.39 is 41.7 Å². The van der Waals surface area contributed by atoms with E-state index in [9.17, 15) is 36.2 Å². The van der Waals surface area contributed by atoms with Crippen LogP contribution in [-0.4, -0.2) is 57.8 Å². The lowest BCUT2D eigenvalue weighted by atomic mass is 10.0. The third-order valence-electron chi connectivity index (χ3n) is 6.33. The van der Waals surface area contributed by atoms with E-state index in [1.165, 1.54) is 4.90 Å². The summed E-state index contributed by atoms with van der Waals surface area (Å²) in [7, 11) is 0. The second-order valence-electron chi connectivity index (χ2n) is 9.25. The van der Waals surface area contributed by atoms with Crippen molar-refractivity contribution < 1.29 is 41.0 Å². The third kappa shape index (κ3) is 7.30. The number of benzene rings is 2. The second-order valence-corrected chi connectivity index (χ2v) is 9.25. The molecular formula is C27H25F6N5O3. The summed E-state index contributed by atoms with van der Waals surface area (Å²) in [6, 6.07) is 8.12. The van der Waals surface area contributed by atoms with E-state index in [-0.39, 0.29) is 49.0 Å². The van der Waals surface area contributed by atoms with E-state index in [1.54, 1.807) is 30.5 Å². The zero-order valence-corrected chi connectivity index (χ0v) is 21.7. The number of fused-ring (bicyclic) bond motifs is 1. The first-order valence-electron chi connectivity index (χ1n) is 12.6. The van der Waals surface area contributed by atoms with Crippen LogP contribution in [0.2, 0.25) is 0 Å². The molecule has 0 radical (unpaired) electrons. The lowest BCUT2D eigenvalue weighted by Crippen LogP contribution is -2.34. The highest BCUT2D eigenvalue weighted by Gasteiger charge is 2.38. The van der Waals surface area contributed by atoms with Crippen LogP contribution in [0.15, 0.2) is 52.4 Å². The number of hydrogen-bond donors (Lipinski definition) is 1. The molecule has 1 N–H and O–H groups in total. The fourth-order valence-corrected chi connectivity index (χ4v) is 4.13. The number of carbonyl (C=O) groups is 1. The van der Waals surface area contributed by atoms with Gasteiger partial charge in [-0.15, -0.1) is 0 Å². The van der Waals surface area contributed by atoms with Crippen LogP contribution in [-0.2, 0) is 18.9 Å². The lowest BCUT2D eigenvalue weighted by molar-refractivity contribution is -0.143. The van der Waals surface area contributed by atoms with Crippen LogP contribution < -0.4 is 4.74 Å². The lowest BCUT2D eigenvalue weighted by Gasteiger charge is -2.27. The summed E-state index contributed by atoms with van der Waals surface area (Å²) < 4.78 is 86.4. The molecule has 2 aromatic carbocycles. The summed E-state index contributed by atoms with van der Waals surface area (Å²) in [5.41, 5.74) is -2.81. The monoisotopic (exact) mass is 581 g/mol. The number of alkyl halides is 6. The van der Waals surface area contributed by atoms with Gasteiger partial charge in [0, 0.05) is 25.2 Å². The number of carboxylic acid groups (broad SMARTS) is 1. The zero-order chi connectivity index (χ0) is 29.8. The van der Waals surface area contributed by atoms with Crippen LogP contribution in [0, 0.1) is 5.92 Å². The number of aliphatic imine (C=N–C) groups is 2. The first-order valence-corrected chi connectivity index (χ1v) is 12.6. The summed E-state index contributed by atoms with van der Waals surface area (Å²) >= 11 is 0. The molecule has 0 bridgehead atoms. The van der Waals surface area contributed by atoms with Gasteiger partial charge in [0.15, 0.2) is 0 Å². The Morgan fingerprint density at radius 2 is 1.76 bits per heavy atom. The maximum Gasteiger partial charge on any atom is 0.416 e. The SMILES string of the molecule is CCC1C=NC(N(CCCOc2nc3ccccc3nc2C(=O)O)Cc2ccc(C(F)(F)F)cc2C(F)(F)F)=NC1. The molecule has 1 aliphatic rings. The number of para-hydroxylation sites is 2. The Labute approximate surface area is 230 Å². The molecule has 8 nitrogen and oxygen atoms in total. The van der Waals surface area contributed by atoms with Crippen LogP contribution in [0.4, 0.5) is 26.3 Å². The molecule has 0 amide bonds. The number of aromatic carboxylic acids is 1. The first kappa shape index (κ1) is 29.7. The van der Waals surface area contributed by atoms with Gasteiger partial charge < -0.3 is 14.7 Å². The fourth-order valence-electron chi connectivity index (χ4n) is 4.13. The van der Waals surface area contributed by atoms with Crippen LogP contribution in [0.3, 0.4) is 0 Å². The average Bonchev–Trinajstić information content (AvgIpc) is 2.93. The standard InChI is InChI=1S/C27H25F6N5O3/c1-2-16-13-34-25(35-14-16)38(15-17-8-9-18(26(28,29)30)12-19(17)27(31,32)33)10-5-11-41-23-22(24(39)40)36-20-6-3-4-7-21(20)37-23/h3-4,6-9,12-13,16H,2,5,10-11,14-15H2,1H3,(H,39,40). The van der Waals surface area contributed by atoms with Gasteiger partial charge in [-0.1, -0.05) is 25.1 Å². The molecule has 3 aromatic rings.